The summed E-state index contributed by atoms with van der Waals surface area (Å²) in [7, 11) is -3.93. The minimum atomic E-state index is -3.93. The third-order valence-corrected chi connectivity index (χ3v) is 8.74. The van der Waals surface area contributed by atoms with Crippen LogP contribution in [0.2, 0.25) is 0 Å². The van der Waals surface area contributed by atoms with Gasteiger partial charge in [-0.05, 0) is 50.6 Å². The first-order valence-electron chi connectivity index (χ1n) is 11.4. The number of hydroxylamine groups is 2. The number of piperidine rings is 1. The van der Waals surface area contributed by atoms with Crippen LogP contribution < -0.4 is 0 Å². The van der Waals surface area contributed by atoms with Crippen molar-refractivity contribution in [2.75, 3.05) is 19.6 Å². The van der Waals surface area contributed by atoms with Crippen molar-refractivity contribution in [1.82, 2.24) is 14.9 Å². The molecule has 2 unspecified atom stereocenters. The molecule has 1 aliphatic rings. The van der Waals surface area contributed by atoms with Gasteiger partial charge < -0.3 is 0 Å². The van der Waals surface area contributed by atoms with Crippen molar-refractivity contribution in [3.05, 3.63) is 82.3 Å². The maximum absolute atomic E-state index is 13.1. The second-order valence-corrected chi connectivity index (χ2v) is 10.8. The van der Waals surface area contributed by atoms with Crippen LogP contribution in [0.25, 0.3) is 0 Å². The molecule has 1 aromatic heterocycles. The Kier molecular flexibility index (Phi) is 7.31. The number of aromatic nitrogens is 1. The molecule has 0 spiro atoms. The smallest absolute Gasteiger partial charge is 0.287 e. The van der Waals surface area contributed by atoms with E-state index in [1.165, 1.54) is 5.56 Å². The van der Waals surface area contributed by atoms with Crippen LogP contribution in [0.3, 0.4) is 0 Å². The zero-order valence-electron chi connectivity index (χ0n) is 19.3. The molecule has 0 amide bonds. The van der Waals surface area contributed by atoms with Gasteiger partial charge in [-0.25, -0.2) is 4.98 Å². The maximum atomic E-state index is 13.1. The number of thiazole rings is 1. The van der Waals surface area contributed by atoms with Crippen LogP contribution in [0.15, 0.2) is 71.1 Å². The predicted molar refractivity (Wildman–Crippen MR) is 131 cm³/mol. The number of nitrogens with zero attached hydrogens (tertiary/aromatic N) is 3. The van der Waals surface area contributed by atoms with E-state index in [2.05, 4.69) is 43.0 Å². The van der Waals surface area contributed by atoms with Crippen molar-refractivity contribution >= 4 is 21.5 Å². The van der Waals surface area contributed by atoms with E-state index in [9.17, 15) is 8.42 Å². The van der Waals surface area contributed by atoms with Crippen LogP contribution in [-0.4, -0.2) is 49.2 Å². The molecule has 2 aromatic carbocycles. The van der Waals surface area contributed by atoms with Gasteiger partial charge in [-0.1, -0.05) is 61.9 Å². The maximum Gasteiger partial charge on any atom is 0.313 e. The zero-order valence-corrected chi connectivity index (χ0v) is 21.0. The fourth-order valence-corrected chi connectivity index (χ4v) is 6.56. The molecule has 6 nitrogen and oxygen atoms in total. The Morgan fingerprint density at radius 3 is 2.42 bits per heavy atom. The molecule has 0 radical (unpaired) electrons. The fourth-order valence-electron chi connectivity index (χ4n) is 4.68. The lowest BCUT2D eigenvalue weighted by atomic mass is 9.72. The molecule has 8 heteroatoms. The summed E-state index contributed by atoms with van der Waals surface area (Å²) in [6.07, 6.45) is 3.04. The molecule has 176 valence electrons. The Hall–Kier alpha value is -2.10. The highest BCUT2D eigenvalue weighted by Gasteiger charge is 2.47. The van der Waals surface area contributed by atoms with E-state index in [0.717, 1.165) is 23.7 Å². The van der Waals surface area contributed by atoms with Crippen molar-refractivity contribution in [1.29, 1.82) is 0 Å². The van der Waals surface area contributed by atoms with Crippen molar-refractivity contribution < 1.29 is 12.7 Å². The summed E-state index contributed by atoms with van der Waals surface area (Å²) < 4.78 is 32.0. The molecule has 4 rings (SSSR count). The highest BCUT2D eigenvalue weighted by Crippen LogP contribution is 2.45. The van der Waals surface area contributed by atoms with Crippen molar-refractivity contribution in [2.45, 2.75) is 50.1 Å². The highest BCUT2D eigenvalue weighted by atomic mass is 32.2. The lowest BCUT2D eigenvalue weighted by molar-refractivity contribution is -0.166. The molecule has 0 aliphatic carbocycles. The van der Waals surface area contributed by atoms with Crippen LogP contribution >= 0.6 is 11.3 Å². The van der Waals surface area contributed by atoms with Gasteiger partial charge in [0.2, 0.25) is 0 Å². The van der Waals surface area contributed by atoms with Gasteiger partial charge >= 0.3 is 10.1 Å². The second kappa shape index (κ2) is 10.0. The predicted octanol–water partition coefficient (Wildman–Crippen LogP) is 4.82. The van der Waals surface area contributed by atoms with Gasteiger partial charge in [-0.2, -0.15) is 17.8 Å². The molecule has 33 heavy (non-hydrogen) atoms. The number of aryl methyl sites for hydroxylation is 1. The van der Waals surface area contributed by atoms with Gasteiger partial charge in [0.25, 0.3) is 0 Å². The van der Waals surface area contributed by atoms with E-state index in [4.69, 9.17) is 9.27 Å². The molecule has 2 heterocycles. The standard InChI is InChI=1S/C25H31N3O3S2/c1-4-27(5-2)23-19-25(24-26-16-18-32-24,21-9-7-6-8-10-21)15-17-28(23)31-33(29,30)22-13-11-20(3)12-14-22/h6-14,16,18,23H,4-5,15,17,19H2,1-3H3. The van der Waals surface area contributed by atoms with Crippen molar-refractivity contribution in [3.8, 4) is 0 Å². The quantitative estimate of drug-likeness (QED) is 0.456. The summed E-state index contributed by atoms with van der Waals surface area (Å²) >= 11 is 1.66. The Bertz CT molecular complexity index is 1130. The van der Waals surface area contributed by atoms with E-state index in [1.54, 1.807) is 40.7 Å². The first kappa shape index (κ1) is 24.0. The van der Waals surface area contributed by atoms with Gasteiger partial charge in [0, 0.05) is 18.1 Å². The number of hydrogen-bond donors (Lipinski definition) is 0. The number of benzene rings is 2. The molecule has 2 atom stereocenters. The van der Waals surface area contributed by atoms with Gasteiger partial charge in [-0.15, -0.1) is 11.3 Å². The second-order valence-electron chi connectivity index (χ2n) is 8.42. The minimum absolute atomic E-state index is 0.172. The van der Waals surface area contributed by atoms with Crippen LogP contribution in [0.5, 0.6) is 0 Å². The van der Waals surface area contributed by atoms with Gasteiger partial charge in [0.15, 0.2) is 0 Å². The molecular weight excluding hydrogens is 454 g/mol. The summed E-state index contributed by atoms with van der Waals surface area (Å²) in [5.74, 6) is 0. The molecule has 1 fully saturated rings. The summed E-state index contributed by atoms with van der Waals surface area (Å²) in [4.78, 5) is 7.14. The SMILES string of the molecule is CCN(CC)C1CC(c2ccccc2)(c2nccs2)CCN1OS(=O)(=O)c1ccc(C)cc1. The third-order valence-electron chi connectivity index (χ3n) is 6.53. The molecular formula is C25H31N3O3S2. The monoisotopic (exact) mass is 485 g/mol. The normalized spacial score (nSPS) is 22.0. The average molecular weight is 486 g/mol. The Morgan fingerprint density at radius 2 is 1.82 bits per heavy atom. The lowest BCUT2D eigenvalue weighted by Gasteiger charge is -2.48. The molecule has 1 aliphatic heterocycles. The van der Waals surface area contributed by atoms with Crippen LogP contribution in [0, 0.1) is 6.92 Å². The first-order chi connectivity index (χ1) is 15.9. The third kappa shape index (κ3) is 4.90. The molecule has 0 N–H and O–H groups in total. The Labute approximate surface area is 200 Å². The van der Waals surface area contributed by atoms with E-state index < -0.39 is 10.1 Å². The minimum Gasteiger partial charge on any atom is -0.287 e. The lowest BCUT2D eigenvalue weighted by Crippen LogP contribution is -2.57. The first-order valence-corrected chi connectivity index (χ1v) is 13.7. The molecule has 3 aromatic rings. The van der Waals surface area contributed by atoms with Crippen LogP contribution in [0.1, 0.15) is 42.8 Å². The molecule has 0 saturated carbocycles. The van der Waals surface area contributed by atoms with Crippen LogP contribution in [0.4, 0.5) is 0 Å². The van der Waals surface area contributed by atoms with Gasteiger partial charge in [0.05, 0.1) is 16.5 Å². The molecule has 0 bridgehead atoms. The fraction of sp³-hybridized carbons (Fsp3) is 0.400. The van der Waals surface area contributed by atoms with Gasteiger partial charge in [-0.3, -0.25) is 4.90 Å². The van der Waals surface area contributed by atoms with Crippen molar-refractivity contribution in [3.63, 3.8) is 0 Å². The topological polar surface area (TPSA) is 62.7 Å². The van der Waals surface area contributed by atoms with E-state index in [1.807, 2.05) is 24.6 Å². The summed E-state index contributed by atoms with van der Waals surface area (Å²) in [5, 5.41) is 4.74. The summed E-state index contributed by atoms with van der Waals surface area (Å²) in [6.45, 7) is 8.17. The van der Waals surface area contributed by atoms with Crippen LogP contribution in [-0.2, 0) is 19.8 Å². The summed E-state index contributed by atoms with van der Waals surface area (Å²) in [5.41, 5.74) is 1.91. The number of hydrogen-bond acceptors (Lipinski definition) is 7. The highest BCUT2D eigenvalue weighted by molar-refractivity contribution is 7.86. The Morgan fingerprint density at radius 1 is 1.12 bits per heavy atom. The number of rotatable bonds is 8. The summed E-state index contributed by atoms with van der Waals surface area (Å²) in [6, 6.07) is 17.2. The van der Waals surface area contributed by atoms with E-state index in [0.29, 0.717) is 19.4 Å². The largest absolute Gasteiger partial charge is 0.313 e. The van der Waals surface area contributed by atoms with Gasteiger partial charge in [0.1, 0.15) is 5.01 Å². The zero-order chi connectivity index (χ0) is 23.5. The molecule has 1 saturated heterocycles. The van der Waals surface area contributed by atoms with E-state index in [-0.39, 0.29) is 16.5 Å². The van der Waals surface area contributed by atoms with Crippen molar-refractivity contribution in [2.24, 2.45) is 0 Å². The Balaban J connectivity index is 1.70. The van der Waals surface area contributed by atoms with E-state index >= 15 is 0 Å². The average Bonchev–Trinajstić information content (AvgIpc) is 3.37.